The summed E-state index contributed by atoms with van der Waals surface area (Å²) < 4.78 is 24.3. The highest BCUT2D eigenvalue weighted by atomic mass is 19.1. The summed E-state index contributed by atoms with van der Waals surface area (Å²) in [5.74, 6) is -0.258. The summed E-state index contributed by atoms with van der Waals surface area (Å²) >= 11 is 0. The lowest BCUT2D eigenvalue weighted by atomic mass is 9.85. The van der Waals surface area contributed by atoms with Gasteiger partial charge in [-0.1, -0.05) is 12.1 Å². The van der Waals surface area contributed by atoms with Gasteiger partial charge in [-0.25, -0.2) is 9.18 Å². The normalized spacial score (nSPS) is 13.1. The summed E-state index contributed by atoms with van der Waals surface area (Å²) in [7, 11) is 2.86. The lowest BCUT2D eigenvalue weighted by Crippen LogP contribution is -2.07. The van der Waals surface area contributed by atoms with Gasteiger partial charge in [0.2, 0.25) is 0 Å². The van der Waals surface area contributed by atoms with Crippen molar-refractivity contribution in [2.24, 2.45) is 0 Å². The number of carbonyl (C=O) groups excluding carboxylic acids is 1. The molecule has 0 bridgehead atoms. The molecule has 3 nitrogen and oxygen atoms in total. The summed E-state index contributed by atoms with van der Waals surface area (Å²) in [4.78, 5) is 11.8. The van der Waals surface area contributed by atoms with Gasteiger partial charge in [0.05, 0.1) is 19.8 Å². The SMILES string of the molecule is COC(=O)c1ccc2c(c1)C(c1ccc(OC)cc1F)=CCC2. The Bertz CT molecular complexity index is 793. The molecule has 118 valence electrons. The van der Waals surface area contributed by atoms with Crippen LogP contribution in [0.25, 0.3) is 5.57 Å². The van der Waals surface area contributed by atoms with Crippen LogP contribution in [0.5, 0.6) is 5.75 Å². The van der Waals surface area contributed by atoms with E-state index in [1.54, 1.807) is 24.3 Å². The molecule has 0 saturated carbocycles. The second-order valence-electron chi connectivity index (χ2n) is 5.37. The smallest absolute Gasteiger partial charge is 0.337 e. The molecule has 3 rings (SSSR count). The van der Waals surface area contributed by atoms with E-state index >= 15 is 0 Å². The van der Waals surface area contributed by atoms with E-state index in [1.165, 1.54) is 20.3 Å². The van der Waals surface area contributed by atoms with Crippen molar-refractivity contribution in [3.05, 3.63) is 70.5 Å². The van der Waals surface area contributed by atoms with E-state index in [4.69, 9.17) is 9.47 Å². The van der Waals surface area contributed by atoms with Crippen LogP contribution < -0.4 is 4.74 Å². The van der Waals surface area contributed by atoms with Crippen molar-refractivity contribution in [1.29, 1.82) is 0 Å². The zero-order valence-corrected chi connectivity index (χ0v) is 13.1. The van der Waals surface area contributed by atoms with E-state index in [9.17, 15) is 9.18 Å². The van der Waals surface area contributed by atoms with Crippen LogP contribution in [0.4, 0.5) is 4.39 Å². The quantitative estimate of drug-likeness (QED) is 0.804. The predicted molar refractivity (Wildman–Crippen MR) is 86.1 cm³/mol. The van der Waals surface area contributed by atoms with Gasteiger partial charge in [0, 0.05) is 11.6 Å². The predicted octanol–water partition coefficient (Wildman–Crippen LogP) is 4.00. The molecule has 4 heteroatoms. The van der Waals surface area contributed by atoms with Crippen molar-refractivity contribution in [1.82, 2.24) is 0 Å². The van der Waals surface area contributed by atoms with Gasteiger partial charge in [-0.15, -0.1) is 0 Å². The molecule has 0 amide bonds. The number of fused-ring (bicyclic) bond motifs is 1. The number of carbonyl (C=O) groups is 1. The summed E-state index contributed by atoms with van der Waals surface area (Å²) in [5, 5.41) is 0. The van der Waals surface area contributed by atoms with Crippen LogP contribution in [0.1, 0.15) is 33.5 Å². The molecular weight excluding hydrogens is 295 g/mol. The van der Waals surface area contributed by atoms with E-state index in [-0.39, 0.29) is 5.82 Å². The number of methoxy groups -OCH3 is 2. The first-order chi connectivity index (χ1) is 11.1. The molecule has 0 unspecified atom stereocenters. The fourth-order valence-electron chi connectivity index (χ4n) is 2.87. The molecule has 0 aliphatic heterocycles. The van der Waals surface area contributed by atoms with Gasteiger partial charge in [0.25, 0.3) is 0 Å². The fourth-order valence-corrected chi connectivity index (χ4v) is 2.87. The molecule has 0 radical (unpaired) electrons. The highest BCUT2D eigenvalue weighted by Crippen LogP contribution is 2.34. The summed E-state index contributed by atoms with van der Waals surface area (Å²) in [6, 6.07) is 10.2. The Hall–Kier alpha value is -2.62. The van der Waals surface area contributed by atoms with Crippen molar-refractivity contribution < 1.29 is 18.7 Å². The van der Waals surface area contributed by atoms with E-state index in [2.05, 4.69) is 0 Å². The zero-order chi connectivity index (χ0) is 16.4. The monoisotopic (exact) mass is 312 g/mol. The number of halogens is 1. The van der Waals surface area contributed by atoms with Gasteiger partial charge in [-0.3, -0.25) is 0 Å². The average Bonchev–Trinajstić information content (AvgIpc) is 2.60. The Labute approximate surface area is 134 Å². The third-order valence-corrected chi connectivity index (χ3v) is 4.05. The van der Waals surface area contributed by atoms with Crippen molar-refractivity contribution in [3.63, 3.8) is 0 Å². The third-order valence-electron chi connectivity index (χ3n) is 4.05. The van der Waals surface area contributed by atoms with Crippen LogP contribution in [0, 0.1) is 5.82 Å². The van der Waals surface area contributed by atoms with Crippen molar-refractivity contribution in [3.8, 4) is 5.75 Å². The molecule has 2 aromatic carbocycles. The minimum absolute atomic E-state index is 0.341. The van der Waals surface area contributed by atoms with Gasteiger partial charge in [0.1, 0.15) is 11.6 Å². The van der Waals surface area contributed by atoms with Gasteiger partial charge < -0.3 is 9.47 Å². The number of benzene rings is 2. The number of hydrogen-bond donors (Lipinski definition) is 0. The molecule has 0 atom stereocenters. The van der Waals surface area contributed by atoms with E-state index < -0.39 is 5.97 Å². The third kappa shape index (κ3) is 2.84. The molecule has 1 aliphatic rings. The number of ether oxygens (including phenoxy) is 2. The van der Waals surface area contributed by atoms with Crippen LogP contribution >= 0.6 is 0 Å². The topological polar surface area (TPSA) is 35.5 Å². The number of allylic oxidation sites excluding steroid dienone is 1. The van der Waals surface area contributed by atoms with Crippen LogP contribution in [0.2, 0.25) is 0 Å². The molecule has 0 aromatic heterocycles. The molecule has 2 aromatic rings. The van der Waals surface area contributed by atoms with E-state index in [1.807, 2.05) is 12.1 Å². The van der Waals surface area contributed by atoms with E-state index in [0.717, 1.165) is 29.5 Å². The Kier molecular flexibility index (Phi) is 4.15. The largest absolute Gasteiger partial charge is 0.497 e. The highest BCUT2D eigenvalue weighted by molar-refractivity contribution is 5.92. The van der Waals surface area contributed by atoms with Crippen LogP contribution in [-0.2, 0) is 11.2 Å². The second kappa shape index (κ2) is 6.24. The van der Waals surface area contributed by atoms with Crippen molar-refractivity contribution >= 4 is 11.5 Å². The Morgan fingerprint density at radius 1 is 1.09 bits per heavy atom. The first kappa shape index (κ1) is 15.3. The molecule has 0 N–H and O–H groups in total. The Morgan fingerprint density at radius 2 is 1.91 bits per heavy atom. The van der Waals surface area contributed by atoms with E-state index in [0.29, 0.717) is 16.9 Å². The van der Waals surface area contributed by atoms with Crippen LogP contribution in [0.15, 0.2) is 42.5 Å². The molecule has 0 fully saturated rings. The summed E-state index contributed by atoms with van der Waals surface area (Å²) in [5.41, 5.74) is 3.76. The second-order valence-corrected chi connectivity index (χ2v) is 5.37. The molecule has 0 spiro atoms. The van der Waals surface area contributed by atoms with Gasteiger partial charge in [-0.2, -0.15) is 0 Å². The first-order valence-electron chi connectivity index (χ1n) is 7.39. The molecule has 23 heavy (non-hydrogen) atoms. The summed E-state index contributed by atoms with van der Waals surface area (Å²) in [6.07, 6.45) is 3.72. The van der Waals surface area contributed by atoms with Gasteiger partial charge in [-0.05, 0) is 53.8 Å². The number of hydrogen-bond acceptors (Lipinski definition) is 3. The van der Waals surface area contributed by atoms with Gasteiger partial charge in [0.15, 0.2) is 0 Å². The minimum Gasteiger partial charge on any atom is -0.497 e. The maximum atomic E-state index is 14.4. The average molecular weight is 312 g/mol. The Morgan fingerprint density at radius 3 is 2.61 bits per heavy atom. The molecular formula is C19H17FO3. The maximum Gasteiger partial charge on any atom is 0.337 e. The number of aryl methyl sites for hydroxylation is 1. The summed E-state index contributed by atoms with van der Waals surface area (Å²) in [6.45, 7) is 0. The highest BCUT2D eigenvalue weighted by Gasteiger charge is 2.19. The van der Waals surface area contributed by atoms with Gasteiger partial charge >= 0.3 is 5.97 Å². The minimum atomic E-state index is -0.395. The molecule has 1 aliphatic carbocycles. The number of rotatable bonds is 3. The molecule has 0 heterocycles. The van der Waals surface area contributed by atoms with Crippen molar-refractivity contribution in [2.45, 2.75) is 12.8 Å². The molecule has 0 saturated heterocycles. The van der Waals surface area contributed by atoms with Crippen LogP contribution in [0.3, 0.4) is 0 Å². The zero-order valence-electron chi connectivity index (χ0n) is 13.1. The maximum absolute atomic E-state index is 14.4. The van der Waals surface area contributed by atoms with Crippen LogP contribution in [-0.4, -0.2) is 20.2 Å². The first-order valence-corrected chi connectivity index (χ1v) is 7.39. The fraction of sp³-hybridized carbons (Fsp3) is 0.211. The Balaban J connectivity index is 2.09. The lowest BCUT2D eigenvalue weighted by molar-refractivity contribution is 0.0600. The standard InChI is InChI=1S/C19H17FO3/c1-22-14-8-9-16(18(20)11-14)15-5-3-4-12-6-7-13(10-17(12)15)19(21)23-2/h5-11H,3-4H2,1-2H3. The number of esters is 1. The van der Waals surface area contributed by atoms with Crippen molar-refractivity contribution in [2.75, 3.05) is 14.2 Å². The lowest BCUT2D eigenvalue weighted by Gasteiger charge is -2.19.